The summed E-state index contributed by atoms with van der Waals surface area (Å²) in [6, 6.07) is -1.39. The Morgan fingerprint density at radius 2 is 2.00 bits per heavy atom. The van der Waals surface area contributed by atoms with Crippen molar-refractivity contribution in [1.82, 2.24) is 4.90 Å². The van der Waals surface area contributed by atoms with E-state index in [1.54, 1.807) is 34.6 Å². The van der Waals surface area contributed by atoms with E-state index in [1.807, 2.05) is 0 Å². The van der Waals surface area contributed by atoms with Crippen LogP contribution in [0.1, 0.15) is 63.7 Å². The Kier molecular flexibility index (Phi) is 9.15. The van der Waals surface area contributed by atoms with Gasteiger partial charge in [-0.2, -0.15) is 0 Å². The van der Waals surface area contributed by atoms with E-state index in [1.165, 1.54) is 11.0 Å². The number of ether oxygens (including phenoxy) is 2. The quantitative estimate of drug-likeness (QED) is 0.232. The molecule has 0 bridgehead atoms. The number of anilines is 1. The zero-order valence-electron chi connectivity index (χ0n) is 19.9. The number of alkyl halides is 2. The lowest BCUT2D eigenvalue weighted by Crippen LogP contribution is -2.48. The second kappa shape index (κ2) is 11.2. The van der Waals surface area contributed by atoms with Gasteiger partial charge < -0.3 is 15.2 Å². The number of carbonyl (C=O) groups is 3. The molecule has 0 radical (unpaired) electrons. The van der Waals surface area contributed by atoms with Gasteiger partial charge in [-0.1, -0.05) is 15.9 Å². The minimum atomic E-state index is -2.87. The van der Waals surface area contributed by atoms with Crippen LogP contribution in [-0.4, -0.2) is 59.8 Å². The number of aliphatic imine (C=N–C) groups is 1. The number of ketones is 1. The van der Waals surface area contributed by atoms with Crippen LogP contribution in [0.3, 0.4) is 0 Å². The number of nitrogens with two attached hydrogens (primary N) is 1. The summed E-state index contributed by atoms with van der Waals surface area (Å²) in [5.41, 5.74) is 5.33. The third-order valence-electron chi connectivity index (χ3n) is 5.22. The lowest BCUT2D eigenvalue weighted by Gasteiger charge is -2.28. The van der Waals surface area contributed by atoms with E-state index in [0.717, 1.165) is 6.21 Å². The molecule has 2 rings (SSSR count). The fourth-order valence-corrected chi connectivity index (χ4v) is 4.00. The summed E-state index contributed by atoms with van der Waals surface area (Å²) in [5.74, 6) is -1.62. The molecule has 1 fully saturated rings. The lowest BCUT2D eigenvalue weighted by molar-refractivity contribution is -0.148. The van der Waals surface area contributed by atoms with Crippen molar-refractivity contribution in [1.29, 1.82) is 0 Å². The van der Waals surface area contributed by atoms with Gasteiger partial charge in [0.2, 0.25) is 6.04 Å². The van der Waals surface area contributed by atoms with Gasteiger partial charge in [0.15, 0.2) is 5.78 Å². The highest BCUT2D eigenvalue weighted by atomic mass is 79.9. The molecule has 1 aromatic carbocycles. The van der Waals surface area contributed by atoms with Crippen molar-refractivity contribution in [3.63, 3.8) is 0 Å². The third-order valence-corrected chi connectivity index (χ3v) is 6.05. The van der Waals surface area contributed by atoms with Crippen LogP contribution in [-0.2, 0) is 19.1 Å². The predicted octanol–water partition coefficient (Wildman–Crippen LogP) is 4.60. The Bertz CT molecular complexity index is 978. The Labute approximate surface area is 206 Å². The van der Waals surface area contributed by atoms with Gasteiger partial charge in [-0.3, -0.25) is 14.7 Å². The average molecular weight is 546 g/mol. The number of carbonyl (C=O) groups excluding carboxylic acids is 3. The summed E-state index contributed by atoms with van der Waals surface area (Å²) in [4.78, 5) is 43.9. The first-order valence-electron chi connectivity index (χ1n) is 10.9. The molecule has 188 valence electrons. The van der Waals surface area contributed by atoms with E-state index in [9.17, 15) is 23.2 Å². The second-order valence-electron chi connectivity index (χ2n) is 8.87. The van der Waals surface area contributed by atoms with Crippen molar-refractivity contribution in [3.05, 3.63) is 27.2 Å². The zero-order valence-corrected chi connectivity index (χ0v) is 21.4. The minimum absolute atomic E-state index is 0.0135. The number of rotatable bonds is 7. The molecule has 2 unspecified atom stereocenters. The maximum atomic E-state index is 13.6. The Morgan fingerprint density at radius 3 is 2.56 bits per heavy atom. The predicted molar refractivity (Wildman–Crippen MR) is 127 cm³/mol. The van der Waals surface area contributed by atoms with Crippen LogP contribution in [0.4, 0.5) is 19.3 Å². The van der Waals surface area contributed by atoms with E-state index < -0.39 is 47.5 Å². The van der Waals surface area contributed by atoms with Crippen molar-refractivity contribution < 1.29 is 32.6 Å². The van der Waals surface area contributed by atoms with E-state index in [-0.39, 0.29) is 24.4 Å². The minimum Gasteiger partial charge on any atom is -0.464 e. The highest BCUT2D eigenvalue weighted by Gasteiger charge is 2.42. The van der Waals surface area contributed by atoms with Crippen LogP contribution >= 0.6 is 15.9 Å². The molecule has 2 N–H and O–H groups in total. The van der Waals surface area contributed by atoms with Crippen LogP contribution in [0.5, 0.6) is 0 Å². The van der Waals surface area contributed by atoms with Crippen molar-refractivity contribution in [3.8, 4) is 0 Å². The first-order chi connectivity index (χ1) is 15.8. The molecule has 0 aromatic heterocycles. The van der Waals surface area contributed by atoms with Gasteiger partial charge in [0, 0.05) is 34.0 Å². The molecule has 1 aromatic rings. The molecule has 0 spiro atoms. The van der Waals surface area contributed by atoms with Crippen molar-refractivity contribution >= 4 is 45.7 Å². The fourth-order valence-electron chi connectivity index (χ4n) is 3.54. The number of amides is 1. The zero-order chi connectivity index (χ0) is 25.8. The van der Waals surface area contributed by atoms with Gasteiger partial charge in [0.25, 0.3) is 6.43 Å². The van der Waals surface area contributed by atoms with Crippen LogP contribution in [0.25, 0.3) is 0 Å². The molecular formula is C23H30BrF2N3O5. The molecular weight excluding hydrogens is 516 g/mol. The highest BCUT2D eigenvalue weighted by molar-refractivity contribution is 9.10. The molecule has 11 heteroatoms. The summed E-state index contributed by atoms with van der Waals surface area (Å²) < 4.78 is 38.1. The molecule has 1 saturated heterocycles. The summed E-state index contributed by atoms with van der Waals surface area (Å²) in [6.07, 6.45) is -1.70. The SMILES string of the molecule is CCOC(=O)C(N=Cc1c(C(F)F)cc(Br)c(C)c1N)C(=O)C1CCCN1C(=O)OC(C)(C)C. The maximum absolute atomic E-state index is 13.6. The number of hydrogen-bond donors (Lipinski definition) is 1. The molecule has 1 aliphatic heterocycles. The fraction of sp³-hybridized carbons (Fsp3) is 0.565. The molecule has 0 saturated carbocycles. The number of nitrogen functional groups attached to an aromatic ring is 1. The van der Waals surface area contributed by atoms with Gasteiger partial charge in [0.1, 0.15) is 5.60 Å². The summed E-state index contributed by atoms with van der Waals surface area (Å²) in [7, 11) is 0. The van der Waals surface area contributed by atoms with Gasteiger partial charge in [-0.05, 0) is 59.1 Å². The largest absolute Gasteiger partial charge is 0.464 e. The van der Waals surface area contributed by atoms with Crippen molar-refractivity contribution in [2.45, 2.75) is 71.6 Å². The topological polar surface area (TPSA) is 111 Å². The number of benzene rings is 1. The molecule has 8 nitrogen and oxygen atoms in total. The summed E-state index contributed by atoms with van der Waals surface area (Å²) in [5, 5.41) is 0. The van der Waals surface area contributed by atoms with Gasteiger partial charge >= 0.3 is 12.1 Å². The Morgan fingerprint density at radius 1 is 1.35 bits per heavy atom. The maximum Gasteiger partial charge on any atom is 0.410 e. The van der Waals surface area contributed by atoms with Gasteiger partial charge in [0.05, 0.1) is 12.6 Å². The van der Waals surface area contributed by atoms with Crippen LogP contribution < -0.4 is 5.73 Å². The number of Topliss-reactive ketones (excluding diaryl/α,β-unsaturated/α-hetero) is 1. The summed E-state index contributed by atoms with van der Waals surface area (Å²) >= 11 is 3.20. The highest BCUT2D eigenvalue weighted by Crippen LogP contribution is 2.33. The first-order valence-corrected chi connectivity index (χ1v) is 11.7. The average Bonchev–Trinajstić information content (AvgIpc) is 3.22. The van der Waals surface area contributed by atoms with Gasteiger partial charge in [-0.25, -0.2) is 18.4 Å². The van der Waals surface area contributed by atoms with E-state index in [4.69, 9.17) is 15.2 Å². The second-order valence-corrected chi connectivity index (χ2v) is 9.72. The number of halogens is 3. The number of likely N-dealkylation sites (tertiary alicyclic amines) is 1. The molecule has 1 aliphatic rings. The monoisotopic (exact) mass is 545 g/mol. The van der Waals surface area contributed by atoms with Crippen molar-refractivity contribution in [2.24, 2.45) is 4.99 Å². The lowest BCUT2D eigenvalue weighted by atomic mass is 10.0. The number of hydrogen-bond acceptors (Lipinski definition) is 7. The normalized spacial score (nSPS) is 17.3. The van der Waals surface area contributed by atoms with E-state index in [2.05, 4.69) is 20.9 Å². The third kappa shape index (κ3) is 6.52. The number of nitrogens with zero attached hydrogens (tertiary/aromatic N) is 2. The Balaban J connectivity index is 2.43. The van der Waals surface area contributed by atoms with E-state index >= 15 is 0 Å². The number of esters is 1. The molecule has 2 atom stereocenters. The molecule has 1 amide bonds. The molecule has 0 aliphatic carbocycles. The standard InChI is InChI=1S/C23H30BrF2N3O5/c1-6-33-21(31)18(19(30)16-8-7-9-29(16)22(32)34-23(3,4)5)28-11-14-13(20(25)26)10-15(24)12(2)17(14)27/h10-11,16,18,20H,6-9,27H2,1-5H3. The first kappa shape index (κ1) is 27.7. The molecule has 1 heterocycles. The van der Waals surface area contributed by atoms with Crippen molar-refractivity contribution in [2.75, 3.05) is 18.9 Å². The van der Waals surface area contributed by atoms with Crippen LogP contribution in [0, 0.1) is 6.92 Å². The van der Waals surface area contributed by atoms with E-state index in [0.29, 0.717) is 22.9 Å². The Hall–Kier alpha value is -2.56. The molecule has 34 heavy (non-hydrogen) atoms. The summed E-state index contributed by atoms with van der Waals surface area (Å²) in [6.45, 7) is 8.57. The smallest absolute Gasteiger partial charge is 0.410 e. The van der Waals surface area contributed by atoms with Crippen LogP contribution in [0.15, 0.2) is 15.5 Å². The van der Waals surface area contributed by atoms with Crippen LogP contribution in [0.2, 0.25) is 0 Å². The van der Waals surface area contributed by atoms with Gasteiger partial charge in [-0.15, -0.1) is 0 Å².